The van der Waals surface area contributed by atoms with Gasteiger partial charge in [0.15, 0.2) is 0 Å². The van der Waals surface area contributed by atoms with Gasteiger partial charge in [0.25, 0.3) is 5.91 Å². The Morgan fingerprint density at radius 3 is 2.20 bits per heavy atom. The van der Waals surface area contributed by atoms with Gasteiger partial charge >= 0.3 is 0 Å². The maximum absolute atomic E-state index is 14.8. The van der Waals surface area contributed by atoms with E-state index in [1.54, 1.807) is 0 Å². The van der Waals surface area contributed by atoms with Crippen molar-refractivity contribution in [2.24, 2.45) is 0 Å². The number of rotatable bonds is 10. The Bertz CT molecular complexity index is 1910. The van der Waals surface area contributed by atoms with Gasteiger partial charge in [-0.1, -0.05) is 115 Å². The van der Waals surface area contributed by atoms with Crippen molar-refractivity contribution in [2.75, 3.05) is 45.8 Å². The molecule has 0 aliphatic carbocycles. The highest BCUT2D eigenvalue weighted by molar-refractivity contribution is 6.30. The first-order chi connectivity index (χ1) is 24.5. The fourth-order valence-electron chi connectivity index (χ4n) is 7.63. The Morgan fingerprint density at radius 2 is 1.40 bits per heavy atom. The number of halogens is 1. The molecule has 0 saturated carbocycles. The van der Waals surface area contributed by atoms with E-state index in [1.165, 1.54) is 5.39 Å². The zero-order chi connectivity index (χ0) is 34.3. The molecule has 2 atom stereocenters. The molecule has 1 N–H and O–H groups in total. The number of amides is 2. The molecule has 5 aromatic carbocycles. The lowest BCUT2D eigenvalue weighted by molar-refractivity contribution is -0.136. The highest BCUT2D eigenvalue weighted by Crippen LogP contribution is 2.30. The second-order valence-corrected chi connectivity index (χ2v) is 14.1. The third-order valence-electron chi connectivity index (χ3n) is 10.3. The third kappa shape index (κ3) is 8.10. The largest absolute Gasteiger partial charge is 0.335 e. The van der Waals surface area contributed by atoms with Crippen LogP contribution < -0.4 is 5.32 Å². The van der Waals surface area contributed by atoms with Crippen LogP contribution in [0.2, 0.25) is 5.02 Å². The number of benzene rings is 5. The fourth-order valence-corrected chi connectivity index (χ4v) is 7.75. The summed E-state index contributed by atoms with van der Waals surface area (Å²) in [6, 6.07) is 40.2. The highest BCUT2D eigenvalue weighted by atomic mass is 35.5. The summed E-state index contributed by atoms with van der Waals surface area (Å²) in [4.78, 5) is 35.9. The molecule has 2 heterocycles. The minimum absolute atomic E-state index is 0.0161. The van der Waals surface area contributed by atoms with E-state index < -0.39 is 0 Å². The van der Waals surface area contributed by atoms with E-state index in [4.69, 9.17) is 11.6 Å². The summed E-state index contributed by atoms with van der Waals surface area (Å²) in [7, 11) is 0. The Morgan fingerprint density at radius 1 is 0.700 bits per heavy atom. The minimum atomic E-state index is -0.151. The quantitative estimate of drug-likeness (QED) is 0.167. The molecule has 2 saturated heterocycles. The number of nitrogens with one attached hydrogen (secondary N) is 1. The van der Waals surface area contributed by atoms with E-state index in [1.807, 2.05) is 78.9 Å². The molecule has 50 heavy (non-hydrogen) atoms. The van der Waals surface area contributed by atoms with Crippen molar-refractivity contribution >= 4 is 34.2 Å². The summed E-state index contributed by atoms with van der Waals surface area (Å²) in [6.07, 6.45) is 2.80. The van der Waals surface area contributed by atoms with Crippen molar-refractivity contribution in [3.05, 3.63) is 143 Å². The summed E-state index contributed by atoms with van der Waals surface area (Å²) in [5, 5.41) is 6.41. The smallest absolute Gasteiger partial charge is 0.254 e. The monoisotopic (exact) mass is 684 g/mol. The van der Waals surface area contributed by atoms with Crippen molar-refractivity contribution in [1.29, 1.82) is 0 Å². The summed E-state index contributed by atoms with van der Waals surface area (Å²) in [5.74, 6) is 0.129. The average Bonchev–Trinajstić information content (AvgIpc) is 3.16. The topological polar surface area (TPSA) is 55.9 Å². The molecule has 7 rings (SSSR count). The summed E-state index contributed by atoms with van der Waals surface area (Å²) in [6.45, 7) is 6.07. The van der Waals surface area contributed by atoms with Gasteiger partial charge in [0, 0.05) is 55.9 Å². The molecule has 256 valence electrons. The molecule has 5 aromatic rings. The van der Waals surface area contributed by atoms with Crippen LogP contribution in [0.25, 0.3) is 21.9 Å². The van der Waals surface area contributed by atoms with E-state index in [0.717, 1.165) is 73.2 Å². The summed E-state index contributed by atoms with van der Waals surface area (Å²) < 4.78 is 0. The average molecular weight is 685 g/mol. The van der Waals surface area contributed by atoms with Crippen LogP contribution in [-0.2, 0) is 17.6 Å². The Kier molecular flexibility index (Phi) is 10.9. The first-order valence-corrected chi connectivity index (χ1v) is 18.3. The number of carbonyl (C=O) groups excluding carboxylic acids is 2. The van der Waals surface area contributed by atoms with E-state index in [-0.39, 0.29) is 23.9 Å². The van der Waals surface area contributed by atoms with E-state index >= 15 is 0 Å². The zero-order valence-corrected chi connectivity index (χ0v) is 29.3. The SMILES string of the molecule is O=C(Cc1ccc2ccccc2c1)N1C[C@H](CCCN2CCNCC2)N(C(=O)c2ccccc2-c2ccc(Cl)cc2)C[C@H]1Cc1ccccc1. The molecule has 0 bridgehead atoms. The lowest BCUT2D eigenvalue weighted by atomic mass is 9.93. The van der Waals surface area contributed by atoms with Crippen molar-refractivity contribution in [2.45, 2.75) is 37.8 Å². The maximum Gasteiger partial charge on any atom is 0.254 e. The van der Waals surface area contributed by atoms with E-state index in [0.29, 0.717) is 36.5 Å². The van der Waals surface area contributed by atoms with Crippen LogP contribution in [0.4, 0.5) is 0 Å². The zero-order valence-electron chi connectivity index (χ0n) is 28.5. The lowest BCUT2D eigenvalue weighted by Gasteiger charge is -2.47. The highest BCUT2D eigenvalue weighted by Gasteiger charge is 2.39. The van der Waals surface area contributed by atoms with E-state index in [2.05, 4.69) is 62.5 Å². The molecule has 2 aliphatic heterocycles. The molecule has 7 heteroatoms. The number of carbonyl (C=O) groups is 2. The predicted octanol–water partition coefficient (Wildman–Crippen LogP) is 7.35. The molecule has 2 aliphatic rings. The number of hydrogen-bond acceptors (Lipinski definition) is 4. The Hall–Kier alpha value is -4.49. The number of nitrogens with zero attached hydrogens (tertiary/aromatic N) is 3. The number of hydrogen-bond donors (Lipinski definition) is 1. The van der Waals surface area contributed by atoms with Gasteiger partial charge in [-0.3, -0.25) is 9.59 Å². The van der Waals surface area contributed by atoms with Gasteiger partial charge in [0.1, 0.15) is 0 Å². The molecule has 0 unspecified atom stereocenters. The molecule has 0 aromatic heterocycles. The molecule has 0 radical (unpaired) electrons. The number of piperazine rings is 2. The fraction of sp³-hybridized carbons (Fsp3) is 0.302. The molecule has 2 amide bonds. The normalized spacial score (nSPS) is 18.3. The second kappa shape index (κ2) is 16.0. The predicted molar refractivity (Wildman–Crippen MR) is 204 cm³/mol. The maximum atomic E-state index is 14.8. The van der Waals surface area contributed by atoms with Gasteiger partial charge in [-0.15, -0.1) is 0 Å². The van der Waals surface area contributed by atoms with Crippen LogP contribution in [-0.4, -0.2) is 84.4 Å². The summed E-state index contributed by atoms with van der Waals surface area (Å²) in [5.41, 5.74) is 4.70. The standard InChI is InChI=1S/C43H45ClN4O2/c44-37-20-18-35(19-21-37)40-14-6-7-15-41(40)43(50)48-31-39(28-32-9-2-1-3-10-32)47(30-38(48)13-8-24-46-25-22-45-23-26-46)42(49)29-33-16-17-34-11-4-5-12-36(34)27-33/h1-7,9-12,14-21,27,38-39,45H,8,13,22-26,28-31H2/t38-,39+/m0/s1. The first kappa shape index (κ1) is 34.0. The van der Waals surface area contributed by atoms with Crippen LogP contribution in [0.3, 0.4) is 0 Å². The van der Waals surface area contributed by atoms with Gasteiger partial charge < -0.3 is 20.0 Å². The van der Waals surface area contributed by atoms with Crippen molar-refractivity contribution in [3.63, 3.8) is 0 Å². The first-order valence-electron chi connectivity index (χ1n) is 17.9. The van der Waals surface area contributed by atoms with Crippen LogP contribution in [0, 0.1) is 0 Å². The van der Waals surface area contributed by atoms with Crippen LogP contribution in [0.15, 0.2) is 121 Å². The Labute approximate surface area is 300 Å². The third-order valence-corrected chi connectivity index (χ3v) is 10.5. The second-order valence-electron chi connectivity index (χ2n) is 13.6. The lowest BCUT2D eigenvalue weighted by Crippen LogP contribution is -2.62. The summed E-state index contributed by atoms with van der Waals surface area (Å²) >= 11 is 6.23. The molecular weight excluding hydrogens is 640 g/mol. The van der Waals surface area contributed by atoms with Crippen molar-refractivity contribution in [1.82, 2.24) is 20.0 Å². The van der Waals surface area contributed by atoms with Gasteiger partial charge in [-0.2, -0.15) is 0 Å². The Balaban J connectivity index is 1.20. The molecule has 2 fully saturated rings. The molecule has 0 spiro atoms. The van der Waals surface area contributed by atoms with Gasteiger partial charge in [-0.05, 0) is 77.0 Å². The molecular formula is C43H45ClN4O2. The van der Waals surface area contributed by atoms with Gasteiger partial charge in [0.2, 0.25) is 5.91 Å². The van der Waals surface area contributed by atoms with Crippen LogP contribution in [0.5, 0.6) is 0 Å². The van der Waals surface area contributed by atoms with Crippen molar-refractivity contribution < 1.29 is 9.59 Å². The molecule has 6 nitrogen and oxygen atoms in total. The van der Waals surface area contributed by atoms with Crippen molar-refractivity contribution in [3.8, 4) is 11.1 Å². The van der Waals surface area contributed by atoms with Gasteiger partial charge in [0.05, 0.1) is 12.5 Å². The minimum Gasteiger partial charge on any atom is -0.335 e. The van der Waals surface area contributed by atoms with Crippen LogP contribution in [0.1, 0.15) is 34.3 Å². The van der Waals surface area contributed by atoms with Crippen LogP contribution >= 0.6 is 11.6 Å². The number of fused-ring (bicyclic) bond motifs is 1. The van der Waals surface area contributed by atoms with Gasteiger partial charge in [-0.25, -0.2) is 0 Å². The van der Waals surface area contributed by atoms with E-state index in [9.17, 15) is 9.59 Å².